The van der Waals surface area contributed by atoms with Crippen molar-refractivity contribution in [1.29, 1.82) is 10.5 Å². The second-order valence-corrected chi connectivity index (χ2v) is 7.47. The standard InChI is InChI=1S/C24H24N2O2/c1-15-7-9-21(17(3)11-15)23(13-25,19(5)27)24(14-26,20(6)28)22-10-8-16(2)12-18(22)4/h7-12H,1-6H3. The van der Waals surface area contributed by atoms with Crippen molar-refractivity contribution in [3.8, 4) is 12.1 Å². The molecule has 0 saturated carbocycles. The van der Waals surface area contributed by atoms with E-state index < -0.39 is 22.4 Å². The summed E-state index contributed by atoms with van der Waals surface area (Å²) in [7, 11) is 0. The third kappa shape index (κ3) is 2.83. The number of benzene rings is 2. The van der Waals surface area contributed by atoms with Crippen LogP contribution in [-0.4, -0.2) is 11.6 Å². The molecule has 0 fully saturated rings. The van der Waals surface area contributed by atoms with Crippen LogP contribution in [0.15, 0.2) is 36.4 Å². The molecule has 0 aliphatic heterocycles. The van der Waals surface area contributed by atoms with Crippen LogP contribution in [0.1, 0.15) is 47.2 Å². The number of Topliss-reactive ketones (excluding diaryl/α,β-unsaturated/α-hetero) is 2. The van der Waals surface area contributed by atoms with Gasteiger partial charge in [-0.05, 0) is 63.8 Å². The van der Waals surface area contributed by atoms with E-state index >= 15 is 0 Å². The lowest BCUT2D eigenvalue weighted by atomic mass is 9.53. The molecule has 0 amide bonds. The lowest BCUT2D eigenvalue weighted by Crippen LogP contribution is -2.57. The third-order valence-electron chi connectivity index (χ3n) is 5.53. The molecular weight excluding hydrogens is 348 g/mol. The van der Waals surface area contributed by atoms with Crippen molar-refractivity contribution >= 4 is 11.6 Å². The molecule has 2 rings (SSSR count). The van der Waals surface area contributed by atoms with Gasteiger partial charge in [-0.2, -0.15) is 10.5 Å². The second-order valence-electron chi connectivity index (χ2n) is 7.47. The molecular formula is C24H24N2O2. The minimum Gasteiger partial charge on any atom is -0.298 e. The highest BCUT2D eigenvalue weighted by Crippen LogP contribution is 2.47. The molecule has 0 spiro atoms. The van der Waals surface area contributed by atoms with Crippen molar-refractivity contribution in [2.75, 3.05) is 0 Å². The average Bonchev–Trinajstić information content (AvgIpc) is 2.60. The smallest absolute Gasteiger partial charge is 0.170 e. The Morgan fingerprint density at radius 3 is 1.25 bits per heavy atom. The van der Waals surface area contributed by atoms with E-state index in [9.17, 15) is 20.1 Å². The zero-order chi connectivity index (χ0) is 21.3. The van der Waals surface area contributed by atoms with Crippen LogP contribution < -0.4 is 0 Å². The summed E-state index contributed by atoms with van der Waals surface area (Å²) in [5.74, 6) is -1.06. The molecule has 2 aromatic rings. The number of nitriles is 2. The number of nitrogens with zero attached hydrogens (tertiary/aromatic N) is 2. The van der Waals surface area contributed by atoms with Crippen LogP contribution in [0.4, 0.5) is 0 Å². The quantitative estimate of drug-likeness (QED) is 0.782. The number of ketones is 2. The second kappa shape index (κ2) is 7.41. The van der Waals surface area contributed by atoms with Gasteiger partial charge in [-0.25, -0.2) is 0 Å². The Morgan fingerprint density at radius 1 is 0.714 bits per heavy atom. The van der Waals surface area contributed by atoms with Crippen molar-refractivity contribution in [3.63, 3.8) is 0 Å². The first kappa shape index (κ1) is 21.1. The van der Waals surface area contributed by atoms with E-state index in [0.717, 1.165) is 11.1 Å². The number of aryl methyl sites for hydroxylation is 4. The Kier molecular flexibility index (Phi) is 5.57. The number of rotatable bonds is 5. The predicted molar refractivity (Wildman–Crippen MR) is 108 cm³/mol. The van der Waals surface area contributed by atoms with E-state index in [4.69, 9.17) is 0 Å². The minimum absolute atomic E-state index is 0.393. The summed E-state index contributed by atoms with van der Waals surface area (Å²) in [5.41, 5.74) is 0.207. The van der Waals surface area contributed by atoms with E-state index in [-0.39, 0.29) is 0 Å². The minimum atomic E-state index is -1.95. The van der Waals surface area contributed by atoms with Crippen molar-refractivity contribution < 1.29 is 9.59 Å². The van der Waals surface area contributed by atoms with E-state index in [2.05, 4.69) is 12.1 Å². The molecule has 28 heavy (non-hydrogen) atoms. The van der Waals surface area contributed by atoms with Crippen molar-refractivity contribution in [2.45, 2.75) is 52.4 Å². The van der Waals surface area contributed by atoms with Crippen LogP contribution >= 0.6 is 0 Å². The summed E-state index contributed by atoms with van der Waals surface area (Å²) in [6, 6.07) is 14.9. The largest absolute Gasteiger partial charge is 0.298 e. The predicted octanol–water partition coefficient (Wildman–Crippen LogP) is 4.32. The van der Waals surface area contributed by atoms with Crippen LogP contribution in [0.5, 0.6) is 0 Å². The Morgan fingerprint density at radius 2 is 1.04 bits per heavy atom. The van der Waals surface area contributed by atoms with Gasteiger partial charge in [0.1, 0.15) is 0 Å². The summed E-state index contributed by atoms with van der Waals surface area (Å²) in [6.07, 6.45) is 0. The van der Waals surface area contributed by atoms with Gasteiger partial charge in [0.25, 0.3) is 0 Å². The first-order chi connectivity index (χ1) is 13.1. The van der Waals surface area contributed by atoms with Gasteiger partial charge in [0.05, 0.1) is 12.1 Å². The fraction of sp³-hybridized carbons (Fsp3) is 0.333. The average molecular weight is 372 g/mol. The molecule has 0 heterocycles. The Labute approximate surface area is 166 Å². The Balaban J connectivity index is 3.11. The fourth-order valence-corrected chi connectivity index (χ4v) is 4.23. The molecule has 2 unspecified atom stereocenters. The highest BCUT2D eigenvalue weighted by atomic mass is 16.1. The summed E-state index contributed by atoms with van der Waals surface area (Å²) in [6.45, 7) is 9.96. The maximum Gasteiger partial charge on any atom is 0.170 e. The summed E-state index contributed by atoms with van der Waals surface area (Å²) in [4.78, 5) is 26.1. The van der Waals surface area contributed by atoms with E-state index in [1.807, 2.05) is 26.0 Å². The molecule has 0 bridgehead atoms. The van der Waals surface area contributed by atoms with Gasteiger partial charge in [-0.1, -0.05) is 47.5 Å². The van der Waals surface area contributed by atoms with E-state index in [1.165, 1.54) is 13.8 Å². The van der Waals surface area contributed by atoms with Gasteiger partial charge in [-0.15, -0.1) is 0 Å². The fourth-order valence-electron chi connectivity index (χ4n) is 4.23. The van der Waals surface area contributed by atoms with E-state index in [0.29, 0.717) is 22.3 Å². The number of hydrogen-bond donors (Lipinski definition) is 0. The zero-order valence-electron chi connectivity index (χ0n) is 17.2. The SMILES string of the molecule is CC(=O)C(C#N)(c1ccc(C)cc1C)C(C#N)(C(C)=O)c1ccc(C)cc1C. The molecule has 2 atom stereocenters. The normalized spacial score (nSPS) is 14.9. The molecule has 4 heteroatoms. The first-order valence-corrected chi connectivity index (χ1v) is 9.08. The van der Waals surface area contributed by atoms with Gasteiger partial charge in [0.2, 0.25) is 0 Å². The monoisotopic (exact) mass is 372 g/mol. The summed E-state index contributed by atoms with van der Waals surface area (Å²) >= 11 is 0. The maximum atomic E-state index is 13.1. The topological polar surface area (TPSA) is 81.7 Å². The molecule has 4 nitrogen and oxygen atoms in total. The van der Waals surface area contributed by atoms with Gasteiger partial charge in [-0.3, -0.25) is 9.59 Å². The number of carbonyl (C=O) groups is 2. The molecule has 142 valence electrons. The van der Waals surface area contributed by atoms with Gasteiger partial charge in [0, 0.05) is 0 Å². The molecule has 0 aliphatic rings. The van der Waals surface area contributed by atoms with Crippen molar-refractivity contribution in [3.05, 3.63) is 69.8 Å². The molecule has 2 aromatic carbocycles. The van der Waals surface area contributed by atoms with Crippen LogP contribution in [0.3, 0.4) is 0 Å². The maximum absolute atomic E-state index is 13.1. The highest BCUT2D eigenvalue weighted by molar-refractivity contribution is 6.06. The highest BCUT2D eigenvalue weighted by Gasteiger charge is 2.62. The van der Waals surface area contributed by atoms with Crippen LogP contribution in [-0.2, 0) is 20.4 Å². The lowest BCUT2D eigenvalue weighted by Gasteiger charge is -2.40. The van der Waals surface area contributed by atoms with E-state index in [1.54, 1.807) is 38.1 Å². The van der Waals surface area contributed by atoms with Crippen molar-refractivity contribution in [2.24, 2.45) is 0 Å². The van der Waals surface area contributed by atoms with Crippen LogP contribution in [0.25, 0.3) is 0 Å². The van der Waals surface area contributed by atoms with Crippen molar-refractivity contribution in [1.82, 2.24) is 0 Å². The zero-order valence-corrected chi connectivity index (χ0v) is 17.2. The van der Waals surface area contributed by atoms with Gasteiger partial charge in [0.15, 0.2) is 22.4 Å². The lowest BCUT2D eigenvalue weighted by molar-refractivity contribution is -0.130. The Hall–Kier alpha value is -3.24. The molecule has 0 saturated heterocycles. The third-order valence-corrected chi connectivity index (χ3v) is 5.53. The van der Waals surface area contributed by atoms with Crippen LogP contribution in [0.2, 0.25) is 0 Å². The van der Waals surface area contributed by atoms with Gasteiger partial charge >= 0.3 is 0 Å². The molecule has 0 aliphatic carbocycles. The summed E-state index contributed by atoms with van der Waals surface area (Å²) < 4.78 is 0. The summed E-state index contributed by atoms with van der Waals surface area (Å²) in [5, 5.41) is 20.7. The molecule has 0 N–H and O–H groups in total. The number of carbonyl (C=O) groups excluding carboxylic acids is 2. The van der Waals surface area contributed by atoms with Gasteiger partial charge < -0.3 is 0 Å². The first-order valence-electron chi connectivity index (χ1n) is 9.08. The number of hydrogen-bond acceptors (Lipinski definition) is 4. The Bertz CT molecular complexity index is 970. The van der Waals surface area contributed by atoms with Crippen LogP contribution in [0, 0.1) is 50.4 Å². The molecule has 0 aromatic heterocycles. The molecule has 0 radical (unpaired) electrons.